The fourth-order valence-corrected chi connectivity index (χ4v) is 1.63. The minimum absolute atomic E-state index is 0.0534. The molecule has 0 aliphatic heterocycles. The zero-order valence-corrected chi connectivity index (χ0v) is 11.4. The largest absolute Gasteiger partial charge is 0.755 e. The summed E-state index contributed by atoms with van der Waals surface area (Å²) in [5.41, 5.74) is 0.257. The van der Waals surface area contributed by atoms with Gasteiger partial charge >= 0.3 is 11.9 Å². The average molecular weight is 286 g/mol. The van der Waals surface area contributed by atoms with E-state index in [1.54, 1.807) is 0 Å². The molecule has 1 unspecified atom stereocenters. The van der Waals surface area contributed by atoms with Crippen LogP contribution in [-0.4, -0.2) is 42.0 Å². The zero-order valence-electron chi connectivity index (χ0n) is 10.5. The quantitative estimate of drug-likeness (QED) is 0.590. The first kappa shape index (κ1) is 15.1. The van der Waals surface area contributed by atoms with Gasteiger partial charge in [0.15, 0.2) is 0 Å². The van der Waals surface area contributed by atoms with Gasteiger partial charge in [0.25, 0.3) is 0 Å². The van der Waals surface area contributed by atoms with E-state index in [1.165, 1.54) is 39.5 Å². The van der Waals surface area contributed by atoms with E-state index in [9.17, 15) is 18.4 Å². The second-order valence-electron chi connectivity index (χ2n) is 3.47. The third-order valence-electron chi connectivity index (χ3n) is 2.35. The lowest BCUT2D eigenvalue weighted by atomic mass is 10.1. The molecule has 0 aromatic heterocycles. The summed E-state index contributed by atoms with van der Waals surface area (Å²) in [6, 6.07) is 3.87. The van der Waals surface area contributed by atoms with E-state index in [2.05, 4.69) is 9.47 Å². The molecule has 0 spiro atoms. The molecule has 0 heterocycles. The Bertz CT molecular complexity index is 496. The predicted octanol–water partition coefficient (Wildman–Crippen LogP) is 0.490. The average Bonchev–Trinajstić information content (AvgIpc) is 2.43. The number of carbonyl (C=O) groups is 2. The van der Waals surface area contributed by atoms with Crippen LogP contribution in [0.2, 0.25) is 0 Å². The first-order valence-electron chi connectivity index (χ1n) is 5.05. The Hall–Kier alpha value is -1.93. The van der Waals surface area contributed by atoms with Crippen molar-refractivity contribution in [3.05, 3.63) is 29.3 Å². The van der Waals surface area contributed by atoms with E-state index in [-0.39, 0.29) is 16.8 Å². The summed E-state index contributed by atoms with van der Waals surface area (Å²) in [7, 11) is 3.64. The Labute approximate surface area is 112 Å². The van der Waals surface area contributed by atoms with Crippen LogP contribution in [0.3, 0.4) is 0 Å². The highest BCUT2D eigenvalue weighted by Gasteiger charge is 2.15. The number of hydrogen-bond donors (Lipinski definition) is 0. The van der Waals surface area contributed by atoms with E-state index < -0.39 is 23.2 Å². The summed E-state index contributed by atoms with van der Waals surface area (Å²) in [6.45, 7) is 0. The van der Waals surface area contributed by atoms with Crippen molar-refractivity contribution < 1.29 is 27.8 Å². The van der Waals surface area contributed by atoms with Crippen molar-refractivity contribution in [3.63, 3.8) is 0 Å². The first-order valence-corrected chi connectivity index (χ1v) is 6.08. The number of hydrogen-bond acceptors (Lipinski definition) is 6. The normalized spacial score (nSPS) is 11.6. The van der Waals surface area contributed by atoms with Crippen molar-refractivity contribution in [3.8, 4) is 0 Å². The van der Waals surface area contributed by atoms with Crippen LogP contribution in [0.1, 0.15) is 20.7 Å². The molecule has 0 saturated carbocycles. The standard InChI is InChI=1S/C11H13NO6S/c1-12(19(15)16)9-5-7(10(13)17-2)4-8(6-9)11(14)18-3/h4-6H,1-3H3,(H,15,16)/p-1. The summed E-state index contributed by atoms with van der Waals surface area (Å²) in [6.07, 6.45) is 0. The van der Waals surface area contributed by atoms with Crippen LogP contribution in [-0.2, 0) is 20.7 Å². The Balaban J connectivity index is 3.35. The maximum Gasteiger partial charge on any atom is 0.337 e. The highest BCUT2D eigenvalue weighted by atomic mass is 32.2. The van der Waals surface area contributed by atoms with Gasteiger partial charge in [-0.05, 0) is 18.2 Å². The van der Waals surface area contributed by atoms with Gasteiger partial charge in [-0.1, -0.05) is 0 Å². The van der Waals surface area contributed by atoms with Crippen molar-refractivity contribution in [2.75, 3.05) is 25.6 Å². The first-order chi connectivity index (χ1) is 8.90. The SMILES string of the molecule is COC(=O)c1cc(C(=O)OC)cc(N(C)S(=O)[O-])c1. The van der Waals surface area contributed by atoms with Gasteiger partial charge < -0.3 is 18.3 Å². The van der Waals surface area contributed by atoms with E-state index in [1.807, 2.05) is 0 Å². The number of ether oxygens (including phenoxy) is 2. The summed E-state index contributed by atoms with van der Waals surface area (Å²) in [4.78, 5) is 22.9. The van der Waals surface area contributed by atoms with Crippen LogP contribution >= 0.6 is 0 Å². The van der Waals surface area contributed by atoms with Gasteiger partial charge in [-0.2, -0.15) is 0 Å². The van der Waals surface area contributed by atoms with Crippen molar-refractivity contribution >= 4 is 28.9 Å². The third kappa shape index (κ3) is 3.52. The minimum Gasteiger partial charge on any atom is -0.755 e. The van der Waals surface area contributed by atoms with Gasteiger partial charge in [-0.25, -0.2) is 9.59 Å². The molecular weight excluding hydrogens is 274 g/mol. The van der Waals surface area contributed by atoms with Gasteiger partial charge in [-0.3, -0.25) is 4.21 Å². The number of methoxy groups -OCH3 is 2. The lowest BCUT2D eigenvalue weighted by molar-refractivity contribution is 0.0599. The van der Waals surface area contributed by atoms with E-state index in [0.717, 1.165) is 4.31 Å². The van der Waals surface area contributed by atoms with Crippen molar-refractivity contribution in [1.29, 1.82) is 0 Å². The van der Waals surface area contributed by atoms with Crippen LogP contribution < -0.4 is 4.31 Å². The van der Waals surface area contributed by atoms with Gasteiger partial charge in [0.1, 0.15) is 0 Å². The molecule has 0 N–H and O–H groups in total. The maximum absolute atomic E-state index is 11.5. The molecule has 0 aliphatic carbocycles. The van der Waals surface area contributed by atoms with Gasteiger partial charge in [0.2, 0.25) is 0 Å². The predicted molar refractivity (Wildman–Crippen MR) is 66.4 cm³/mol. The number of carbonyl (C=O) groups excluding carboxylic acids is 2. The van der Waals surface area contributed by atoms with Crippen LogP contribution in [0.4, 0.5) is 5.69 Å². The maximum atomic E-state index is 11.5. The Kier molecular flexibility index (Phi) is 5.02. The molecular formula is C11H12NO6S-. The van der Waals surface area contributed by atoms with Crippen LogP contribution in [0.15, 0.2) is 18.2 Å². The highest BCUT2D eigenvalue weighted by molar-refractivity contribution is 7.80. The van der Waals surface area contributed by atoms with Crippen LogP contribution in [0, 0.1) is 0 Å². The zero-order chi connectivity index (χ0) is 14.6. The highest BCUT2D eigenvalue weighted by Crippen LogP contribution is 2.20. The lowest BCUT2D eigenvalue weighted by Crippen LogP contribution is -2.20. The second-order valence-corrected chi connectivity index (χ2v) is 4.45. The van der Waals surface area contributed by atoms with E-state index in [4.69, 9.17) is 0 Å². The smallest absolute Gasteiger partial charge is 0.337 e. The Morgan fingerprint density at radius 3 is 1.84 bits per heavy atom. The van der Waals surface area contributed by atoms with Gasteiger partial charge in [-0.15, -0.1) is 0 Å². The Morgan fingerprint density at radius 2 is 1.53 bits per heavy atom. The molecule has 1 rings (SSSR count). The molecule has 0 fully saturated rings. The molecule has 0 amide bonds. The van der Waals surface area contributed by atoms with Gasteiger partial charge in [0, 0.05) is 24.0 Å². The monoisotopic (exact) mass is 286 g/mol. The molecule has 0 radical (unpaired) electrons. The van der Waals surface area contributed by atoms with Gasteiger partial charge in [0.05, 0.1) is 25.3 Å². The number of anilines is 1. The lowest BCUT2D eigenvalue weighted by Gasteiger charge is -2.22. The molecule has 0 saturated heterocycles. The molecule has 104 valence electrons. The molecule has 8 heteroatoms. The van der Waals surface area contributed by atoms with E-state index in [0.29, 0.717) is 0 Å². The van der Waals surface area contributed by atoms with Crippen molar-refractivity contribution in [1.82, 2.24) is 0 Å². The number of esters is 2. The number of nitrogens with zero attached hydrogens (tertiary/aromatic N) is 1. The van der Waals surface area contributed by atoms with Crippen LogP contribution in [0.5, 0.6) is 0 Å². The van der Waals surface area contributed by atoms with Crippen molar-refractivity contribution in [2.24, 2.45) is 0 Å². The molecule has 0 aliphatic rings. The fraction of sp³-hybridized carbons (Fsp3) is 0.273. The molecule has 7 nitrogen and oxygen atoms in total. The number of benzene rings is 1. The molecule has 1 aromatic carbocycles. The summed E-state index contributed by atoms with van der Waals surface area (Å²) in [5, 5.41) is 0. The van der Waals surface area contributed by atoms with E-state index >= 15 is 0 Å². The van der Waals surface area contributed by atoms with Crippen molar-refractivity contribution in [2.45, 2.75) is 0 Å². The second kappa shape index (κ2) is 6.30. The minimum atomic E-state index is -2.53. The molecule has 1 aromatic rings. The summed E-state index contributed by atoms with van der Waals surface area (Å²) < 4.78 is 31.7. The molecule has 19 heavy (non-hydrogen) atoms. The fourth-order valence-electron chi connectivity index (χ4n) is 1.35. The third-order valence-corrected chi connectivity index (χ3v) is 3.01. The Morgan fingerprint density at radius 1 is 1.11 bits per heavy atom. The topological polar surface area (TPSA) is 96.0 Å². The molecule has 1 atom stereocenters. The summed E-state index contributed by atoms with van der Waals surface area (Å²) >= 11 is -2.53. The summed E-state index contributed by atoms with van der Waals surface area (Å²) in [5.74, 6) is -1.37. The number of rotatable bonds is 4. The molecule has 0 bridgehead atoms. The van der Waals surface area contributed by atoms with Crippen LogP contribution in [0.25, 0.3) is 0 Å².